The number of amides is 1. The maximum absolute atomic E-state index is 11.7. The van der Waals surface area contributed by atoms with Crippen LogP contribution in [0.1, 0.15) is 18.4 Å². The summed E-state index contributed by atoms with van der Waals surface area (Å²) in [6.07, 6.45) is 3.37. The number of rotatable bonds is 5. The topological polar surface area (TPSA) is 44.4 Å². The summed E-state index contributed by atoms with van der Waals surface area (Å²) in [5, 5.41) is 6.75. The highest BCUT2D eigenvalue weighted by Gasteiger charge is 2.21. The molecule has 1 fully saturated rings. The van der Waals surface area contributed by atoms with Crippen LogP contribution in [0, 0.1) is 0 Å². The van der Waals surface area contributed by atoms with Crippen molar-refractivity contribution in [3.05, 3.63) is 42.5 Å². The lowest BCUT2D eigenvalue weighted by molar-refractivity contribution is -0.117. The van der Waals surface area contributed by atoms with Crippen LogP contribution in [0.2, 0.25) is 0 Å². The van der Waals surface area contributed by atoms with E-state index in [0.717, 1.165) is 24.2 Å². The molecule has 1 saturated heterocycles. The standard InChI is InChI=1S/C15H19N3OS/c1-2-9-16-15(20)17-11-12-5-7-13(8-6-12)18-10-3-4-14(18)19/h2,5-8H,1,3-4,9-11H2,(H2,16,17,20). The first-order chi connectivity index (χ1) is 9.70. The molecule has 1 aromatic rings. The van der Waals surface area contributed by atoms with Crippen molar-refractivity contribution < 1.29 is 4.79 Å². The van der Waals surface area contributed by atoms with E-state index < -0.39 is 0 Å². The van der Waals surface area contributed by atoms with Crippen molar-refractivity contribution in [1.82, 2.24) is 10.6 Å². The molecule has 20 heavy (non-hydrogen) atoms. The van der Waals surface area contributed by atoms with Gasteiger partial charge in [0.05, 0.1) is 0 Å². The fraction of sp³-hybridized carbons (Fsp3) is 0.333. The Bertz CT molecular complexity index is 498. The highest BCUT2D eigenvalue weighted by atomic mass is 32.1. The number of carbonyl (C=O) groups excluding carboxylic acids is 1. The zero-order valence-electron chi connectivity index (χ0n) is 11.4. The minimum absolute atomic E-state index is 0.214. The molecular formula is C15H19N3OS. The molecule has 1 aliphatic rings. The van der Waals surface area contributed by atoms with Gasteiger partial charge in [0.15, 0.2) is 5.11 Å². The molecule has 2 rings (SSSR count). The molecule has 5 heteroatoms. The van der Waals surface area contributed by atoms with Crippen molar-refractivity contribution in [3.8, 4) is 0 Å². The molecule has 0 aromatic heterocycles. The van der Waals surface area contributed by atoms with Gasteiger partial charge in [-0.1, -0.05) is 18.2 Å². The summed E-state index contributed by atoms with van der Waals surface area (Å²) >= 11 is 5.12. The Balaban J connectivity index is 1.87. The summed E-state index contributed by atoms with van der Waals surface area (Å²) in [6.45, 7) is 5.77. The van der Waals surface area contributed by atoms with Gasteiger partial charge in [-0.15, -0.1) is 6.58 Å². The zero-order valence-corrected chi connectivity index (χ0v) is 12.2. The van der Waals surface area contributed by atoms with Crippen LogP contribution >= 0.6 is 12.2 Å². The van der Waals surface area contributed by atoms with Crippen LogP contribution in [-0.4, -0.2) is 24.1 Å². The van der Waals surface area contributed by atoms with Crippen molar-refractivity contribution in [3.63, 3.8) is 0 Å². The van der Waals surface area contributed by atoms with Crippen LogP contribution < -0.4 is 15.5 Å². The third-order valence-electron chi connectivity index (χ3n) is 3.18. The minimum atomic E-state index is 0.214. The molecule has 0 aliphatic carbocycles. The largest absolute Gasteiger partial charge is 0.359 e. The Labute approximate surface area is 124 Å². The third kappa shape index (κ3) is 3.81. The van der Waals surface area contributed by atoms with Crippen molar-refractivity contribution in [2.24, 2.45) is 0 Å². The van der Waals surface area contributed by atoms with Gasteiger partial charge in [0, 0.05) is 31.7 Å². The predicted molar refractivity (Wildman–Crippen MR) is 85.7 cm³/mol. The Hall–Kier alpha value is -1.88. The fourth-order valence-electron chi connectivity index (χ4n) is 2.12. The molecule has 1 aliphatic heterocycles. The molecule has 0 unspecified atom stereocenters. The summed E-state index contributed by atoms with van der Waals surface area (Å²) < 4.78 is 0. The zero-order chi connectivity index (χ0) is 14.4. The first kappa shape index (κ1) is 14.5. The van der Waals surface area contributed by atoms with Gasteiger partial charge in [-0.2, -0.15) is 0 Å². The molecule has 0 saturated carbocycles. The molecule has 1 aromatic carbocycles. The van der Waals surface area contributed by atoms with Gasteiger partial charge in [-0.05, 0) is 36.3 Å². The van der Waals surface area contributed by atoms with E-state index in [1.165, 1.54) is 0 Å². The minimum Gasteiger partial charge on any atom is -0.359 e. The molecule has 0 radical (unpaired) electrons. The van der Waals surface area contributed by atoms with Gasteiger partial charge in [-0.3, -0.25) is 4.79 Å². The Morgan fingerprint density at radius 1 is 1.35 bits per heavy atom. The van der Waals surface area contributed by atoms with Gasteiger partial charge in [-0.25, -0.2) is 0 Å². The molecule has 0 bridgehead atoms. The first-order valence-electron chi connectivity index (χ1n) is 6.72. The normalized spacial score (nSPS) is 14.2. The van der Waals surface area contributed by atoms with E-state index in [4.69, 9.17) is 12.2 Å². The molecule has 0 atom stereocenters. The summed E-state index contributed by atoms with van der Waals surface area (Å²) in [6, 6.07) is 8.01. The summed E-state index contributed by atoms with van der Waals surface area (Å²) in [5.41, 5.74) is 2.10. The first-order valence-corrected chi connectivity index (χ1v) is 7.13. The highest BCUT2D eigenvalue weighted by molar-refractivity contribution is 7.80. The number of thiocarbonyl (C=S) groups is 1. The second-order valence-electron chi connectivity index (χ2n) is 4.67. The monoisotopic (exact) mass is 289 g/mol. The number of hydrogen-bond acceptors (Lipinski definition) is 2. The number of anilines is 1. The van der Waals surface area contributed by atoms with Gasteiger partial charge < -0.3 is 15.5 Å². The predicted octanol–water partition coefficient (Wildman–Crippen LogP) is 1.96. The van der Waals surface area contributed by atoms with Crippen LogP contribution in [0.15, 0.2) is 36.9 Å². The van der Waals surface area contributed by atoms with Crippen LogP contribution in [0.3, 0.4) is 0 Å². The lowest BCUT2D eigenvalue weighted by atomic mass is 10.2. The lowest BCUT2D eigenvalue weighted by Crippen LogP contribution is -2.34. The fourth-order valence-corrected chi connectivity index (χ4v) is 2.28. The Kier molecular flexibility index (Phi) is 5.12. The maximum Gasteiger partial charge on any atom is 0.227 e. The molecule has 1 heterocycles. The number of carbonyl (C=O) groups is 1. The summed E-state index contributed by atoms with van der Waals surface area (Å²) in [4.78, 5) is 13.5. The van der Waals surface area contributed by atoms with E-state index >= 15 is 0 Å². The Morgan fingerprint density at radius 3 is 2.70 bits per heavy atom. The molecule has 106 valence electrons. The van der Waals surface area contributed by atoms with Crippen molar-refractivity contribution in [1.29, 1.82) is 0 Å². The van der Waals surface area contributed by atoms with E-state index in [1.54, 1.807) is 6.08 Å². The summed E-state index contributed by atoms with van der Waals surface area (Å²) in [7, 11) is 0. The summed E-state index contributed by atoms with van der Waals surface area (Å²) in [5.74, 6) is 0.214. The van der Waals surface area contributed by atoms with E-state index in [9.17, 15) is 4.79 Å². The van der Waals surface area contributed by atoms with Crippen LogP contribution in [0.4, 0.5) is 5.69 Å². The van der Waals surface area contributed by atoms with Crippen molar-refractivity contribution in [2.45, 2.75) is 19.4 Å². The second kappa shape index (κ2) is 7.05. The van der Waals surface area contributed by atoms with Crippen molar-refractivity contribution >= 4 is 28.9 Å². The molecule has 0 spiro atoms. The van der Waals surface area contributed by atoms with Gasteiger partial charge in [0.1, 0.15) is 0 Å². The number of nitrogens with zero attached hydrogens (tertiary/aromatic N) is 1. The van der Waals surface area contributed by atoms with Crippen molar-refractivity contribution in [2.75, 3.05) is 18.0 Å². The third-order valence-corrected chi connectivity index (χ3v) is 3.47. The maximum atomic E-state index is 11.7. The average molecular weight is 289 g/mol. The Morgan fingerprint density at radius 2 is 2.10 bits per heavy atom. The lowest BCUT2D eigenvalue weighted by Gasteiger charge is -2.16. The molecule has 2 N–H and O–H groups in total. The number of nitrogens with one attached hydrogen (secondary N) is 2. The van der Waals surface area contributed by atoms with E-state index in [0.29, 0.717) is 24.6 Å². The molecule has 4 nitrogen and oxygen atoms in total. The quantitative estimate of drug-likeness (QED) is 0.642. The number of benzene rings is 1. The van der Waals surface area contributed by atoms with Crippen LogP contribution in [0.25, 0.3) is 0 Å². The second-order valence-corrected chi connectivity index (χ2v) is 5.08. The van der Waals surface area contributed by atoms with E-state index in [1.807, 2.05) is 29.2 Å². The average Bonchev–Trinajstić information content (AvgIpc) is 2.89. The van der Waals surface area contributed by atoms with E-state index in [-0.39, 0.29) is 5.91 Å². The molecule has 1 amide bonds. The SMILES string of the molecule is C=CCNC(=S)NCc1ccc(N2CCCC2=O)cc1. The van der Waals surface area contributed by atoms with Crippen LogP contribution in [0.5, 0.6) is 0 Å². The highest BCUT2D eigenvalue weighted by Crippen LogP contribution is 2.21. The molecular weight excluding hydrogens is 270 g/mol. The van der Waals surface area contributed by atoms with Crippen LogP contribution in [-0.2, 0) is 11.3 Å². The van der Waals surface area contributed by atoms with E-state index in [2.05, 4.69) is 17.2 Å². The smallest absolute Gasteiger partial charge is 0.227 e. The van der Waals surface area contributed by atoms with Gasteiger partial charge in [0.25, 0.3) is 0 Å². The number of hydrogen-bond donors (Lipinski definition) is 2. The van der Waals surface area contributed by atoms with Gasteiger partial charge >= 0.3 is 0 Å². The van der Waals surface area contributed by atoms with Gasteiger partial charge in [0.2, 0.25) is 5.91 Å².